The molecule has 3 rings (SSSR count). The van der Waals surface area contributed by atoms with Gasteiger partial charge in [0, 0.05) is 34.9 Å². The molecular weight excluding hydrogens is 330 g/mol. The fourth-order valence-electron chi connectivity index (χ4n) is 3.89. The Labute approximate surface area is 144 Å². The number of nitrogens with zero attached hydrogens (tertiary/aromatic N) is 2. The molecule has 0 radical (unpaired) electrons. The molecule has 0 aromatic rings. The van der Waals surface area contributed by atoms with Crippen molar-refractivity contribution in [3.63, 3.8) is 0 Å². The van der Waals surface area contributed by atoms with Crippen molar-refractivity contribution in [3.05, 3.63) is 0 Å². The van der Waals surface area contributed by atoms with E-state index >= 15 is 0 Å². The standard InChI is InChI=1S/C16H25N3O4S/c1-12-5-9-24(23)10-8-18(12)13(20)11-19-14(21)16(17-15(19)22)6-3-2-4-7-16/h12H,2-11H2,1H3,(H,17,22). The van der Waals surface area contributed by atoms with Crippen LogP contribution < -0.4 is 5.32 Å². The normalized spacial score (nSPS) is 30.4. The van der Waals surface area contributed by atoms with Gasteiger partial charge in [-0.1, -0.05) is 19.3 Å². The number of imide groups is 1. The minimum absolute atomic E-state index is 0.0200. The van der Waals surface area contributed by atoms with E-state index in [0.717, 1.165) is 24.2 Å². The Morgan fingerprint density at radius 3 is 2.67 bits per heavy atom. The number of hydrogen-bond donors (Lipinski definition) is 1. The smallest absolute Gasteiger partial charge is 0.325 e. The fraction of sp³-hybridized carbons (Fsp3) is 0.812. The van der Waals surface area contributed by atoms with Gasteiger partial charge in [-0.2, -0.15) is 0 Å². The van der Waals surface area contributed by atoms with Crippen molar-refractivity contribution in [3.8, 4) is 0 Å². The van der Waals surface area contributed by atoms with Crippen LogP contribution >= 0.6 is 0 Å². The first kappa shape index (κ1) is 17.4. The minimum Gasteiger partial charge on any atom is -0.337 e. The number of carbonyl (C=O) groups excluding carboxylic acids is 3. The summed E-state index contributed by atoms with van der Waals surface area (Å²) >= 11 is 0. The Balaban J connectivity index is 1.68. The second-order valence-electron chi connectivity index (χ2n) is 7.04. The zero-order chi connectivity index (χ0) is 17.3. The minimum atomic E-state index is -0.896. The van der Waals surface area contributed by atoms with E-state index in [1.165, 1.54) is 0 Å². The van der Waals surface area contributed by atoms with E-state index in [9.17, 15) is 18.6 Å². The lowest BCUT2D eigenvalue weighted by Gasteiger charge is -2.31. The quantitative estimate of drug-likeness (QED) is 0.735. The lowest BCUT2D eigenvalue weighted by molar-refractivity contribution is -0.140. The van der Waals surface area contributed by atoms with Crippen LogP contribution in [0.2, 0.25) is 0 Å². The Bertz CT molecular complexity index is 574. The Kier molecular flexibility index (Phi) is 4.94. The summed E-state index contributed by atoms with van der Waals surface area (Å²) in [6, 6.07) is -0.477. The number of hydrogen-bond acceptors (Lipinski definition) is 4. The zero-order valence-electron chi connectivity index (χ0n) is 14.1. The van der Waals surface area contributed by atoms with E-state index < -0.39 is 22.4 Å². The first-order chi connectivity index (χ1) is 11.4. The third-order valence-corrected chi connectivity index (χ3v) is 6.75. The summed E-state index contributed by atoms with van der Waals surface area (Å²) in [5.41, 5.74) is -0.790. The fourth-order valence-corrected chi connectivity index (χ4v) is 5.10. The summed E-state index contributed by atoms with van der Waals surface area (Å²) in [7, 11) is -0.896. The molecule has 2 atom stereocenters. The average Bonchev–Trinajstić information content (AvgIpc) is 2.69. The molecule has 134 valence electrons. The maximum atomic E-state index is 12.7. The second kappa shape index (κ2) is 6.82. The predicted octanol–water partition coefficient (Wildman–Crippen LogP) is 0.611. The summed E-state index contributed by atoms with van der Waals surface area (Å²) in [5.74, 6) is 0.557. The van der Waals surface area contributed by atoms with Crippen molar-refractivity contribution in [1.29, 1.82) is 0 Å². The average molecular weight is 355 g/mol. The summed E-state index contributed by atoms with van der Waals surface area (Å²) in [6.07, 6.45) is 4.91. The molecule has 8 heteroatoms. The van der Waals surface area contributed by atoms with Crippen molar-refractivity contribution in [2.24, 2.45) is 0 Å². The molecule has 1 spiro atoms. The molecule has 0 aromatic heterocycles. The van der Waals surface area contributed by atoms with E-state index in [2.05, 4.69) is 5.32 Å². The monoisotopic (exact) mass is 355 g/mol. The Morgan fingerprint density at radius 1 is 1.25 bits per heavy atom. The summed E-state index contributed by atoms with van der Waals surface area (Å²) in [5, 5.41) is 2.83. The molecule has 0 bridgehead atoms. The molecule has 2 aliphatic heterocycles. The van der Waals surface area contributed by atoms with Crippen LogP contribution in [-0.4, -0.2) is 68.0 Å². The zero-order valence-corrected chi connectivity index (χ0v) is 14.9. The van der Waals surface area contributed by atoms with Gasteiger partial charge in [0.2, 0.25) is 5.91 Å². The van der Waals surface area contributed by atoms with Crippen LogP contribution in [0.5, 0.6) is 0 Å². The molecule has 7 nitrogen and oxygen atoms in total. The van der Waals surface area contributed by atoms with Gasteiger partial charge in [0.05, 0.1) is 0 Å². The Hall–Kier alpha value is -1.44. The number of nitrogens with one attached hydrogen (secondary N) is 1. The molecule has 4 amide bonds. The van der Waals surface area contributed by atoms with Gasteiger partial charge >= 0.3 is 6.03 Å². The van der Waals surface area contributed by atoms with Gasteiger partial charge < -0.3 is 10.2 Å². The van der Waals surface area contributed by atoms with E-state index in [4.69, 9.17) is 0 Å². The molecule has 2 saturated heterocycles. The molecule has 1 saturated carbocycles. The van der Waals surface area contributed by atoms with Gasteiger partial charge in [-0.25, -0.2) is 4.79 Å². The van der Waals surface area contributed by atoms with E-state index in [1.54, 1.807) is 4.90 Å². The maximum absolute atomic E-state index is 12.7. The molecule has 24 heavy (non-hydrogen) atoms. The maximum Gasteiger partial charge on any atom is 0.325 e. The van der Waals surface area contributed by atoms with Gasteiger partial charge in [0.25, 0.3) is 5.91 Å². The van der Waals surface area contributed by atoms with Crippen molar-refractivity contribution < 1.29 is 18.6 Å². The Morgan fingerprint density at radius 2 is 1.96 bits per heavy atom. The lowest BCUT2D eigenvalue weighted by Crippen LogP contribution is -2.50. The molecule has 2 heterocycles. The molecule has 1 aliphatic carbocycles. The number of carbonyl (C=O) groups is 3. The molecule has 0 aromatic carbocycles. The summed E-state index contributed by atoms with van der Waals surface area (Å²) in [4.78, 5) is 40.4. The third-order valence-electron chi connectivity index (χ3n) is 5.42. The van der Waals surface area contributed by atoms with Gasteiger partial charge in [0.15, 0.2) is 0 Å². The highest BCUT2D eigenvalue weighted by Gasteiger charge is 2.51. The molecular formula is C16H25N3O4S. The van der Waals surface area contributed by atoms with Crippen LogP contribution in [0.1, 0.15) is 45.4 Å². The van der Waals surface area contributed by atoms with E-state index in [-0.39, 0.29) is 24.4 Å². The van der Waals surface area contributed by atoms with Crippen molar-refractivity contribution in [2.75, 3.05) is 24.6 Å². The van der Waals surface area contributed by atoms with E-state index in [1.807, 2.05) is 6.92 Å². The van der Waals surface area contributed by atoms with Gasteiger partial charge in [-0.05, 0) is 26.2 Å². The first-order valence-corrected chi connectivity index (χ1v) is 10.2. The molecule has 2 unspecified atom stereocenters. The molecule has 1 N–H and O–H groups in total. The van der Waals surface area contributed by atoms with E-state index in [0.29, 0.717) is 37.3 Å². The highest BCUT2D eigenvalue weighted by Crippen LogP contribution is 2.33. The topological polar surface area (TPSA) is 86.8 Å². The van der Waals surface area contributed by atoms with Crippen molar-refractivity contribution >= 4 is 28.6 Å². The highest BCUT2D eigenvalue weighted by molar-refractivity contribution is 7.85. The largest absolute Gasteiger partial charge is 0.337 e. The van der Waals surface area contributed by atoms with Gasteiger partial charge in [-0.15, -0.1) is 0 Å². The van der Waals surface area contributed by atoms with Crippen molar-refractivity contribution in [2.45, 2.75) is 57.0 Å². The highest BCUT2D eigenvalue weighted by atomic mass is 32.2. The van der Waals surface area contributed by atoms with Crippen LogP contribution in [0.3, 0.4) is 0 Å². The SMILES string of the molecule is CC1CCS(=O)CCN1C(=O)CN1C(=O)NC2(CCCCC2)C1=O. The second-order valence-corrected chi connectivity index (χ2v) is 8.73. The summed E-state index contributed by atoms with van der Waals surface area (Å²) in [6.45, 7) is 2.12. The lowest BCUT2D eigenvalue weighted by atomic mass is 9.82. The number of urea groups is 1. The molecule has 3 fully saturated rings. The first-order valence-electron chi connectivity index (χ1n) is 8.71. The molecule has 3 aliphatic rings. The van der Waals surface area contributed by atoms with Crippen LogP contribution in [0.4, 0.5) is 4.79 Å². The van der Waals surface area contributed by atoms with Gasteiger partial charge in [-0.3, -0.25) is 18.7 Å². The van der Waals surface area contributed by atoms with Crippen LogP contribution in [0, 0.1) is 0 Å². The van der Waals surface area contributed by atoms with Crippen molar-refractivity contribution in [1.82, 2.24) is 15.1 Å². The van der Waals surface area contributed by atoms with Crippen LogP contribution in [0.25, 0.3) is 0 Å². The summed E-state index contributed by atoms with van der Waals surface area (Å²) < 4.78 is 11.7. The van der Waals surface area contributed by atoms with Gasteiger partial charge in [0.1, 0.15) is 12.1 Å². The number of amides is 4. The third kappa shape index (κ3) is 3.20. The van der Waals surface area contributed by atoms with Crippen LogP contribution in [0.15, 0.2) is 0 Å². The van der Waals surface area contributed by atoms with Crippen LogP contribution in [-0.2, 0) is 20.4 Å². The predicted molar refractivity (Wildman–Crippen MR) is 89.7 cm³/mol. The number of rotatable bonds is 2.